The largest absolute Gasteiger partial charge is 0.491 e. The molecule has 2 aliphatic rings. The zero-order valence-electron chi connectivity index (χ0n) is 17.4. The molecular formula is C26H24BrNO3. The highest BCUT2D eigenvalue weighted by molar-refractivity contribution is 9.08. The van der Waals surface area contributed by atoms with Gasteiger partial charge in [0.05, 0.1) is 13.1 Å². The maximum atomic E-state index is 13.0. The van der Waals surface area contributed by atoms with Crippen molar-refractivity contribution in [2.24, 2.45) is 0 Å². The second-order valence-corrected chi connectivity index (χ2v) is 8.67. The van der Waals surface area contributed by atoms with E-state index in [0.717, 1.165) is 22.2 Å². The van der Waals surface area contributed by atoms with Crippen molar-refractivity contribution >= 4 is 22.0 Å². The minimum absolute atomic E-state index is 0.0640. The van der Waals surface area contributed by atoms with E-state index in [4.69, 9.17) is 9.47 Å². The monoisotopic (exact) mass is 477 g/mol. The third-order valence-electron chi connectivity index (χ3n) is 6.13. The van der Waals surface area contributed by atoms with Crippen LogP contribution < -0.4 is 4.74 Å². The van der Waals surface area contributed by atoms with E-state index < -0.39 is 0 Å². The van der Waals surface area contributed by atoms with Gasteiger partial charge in [-0.1, -0.05) is 70.5 Å². The van der Waals surface area contributed by atoms with Crippen molar-refractivity contribution in [3.8, 4) is 16.9 Å². The number of alkyl halides is 1. The summed E-state index contributed by atoms with van der Waals surface area (Å²) in [5, 5.41) is 0.770. The number of fused-ring (bicyclic) bond motifs is 4. The van der Waals surface area contributed by atoms with Crippen molar-refractivity contribution in [3.05, 3.63) is 88.5 Å². The number of hydrogen-bond donors (Lipinski definition) is 0. The van der Waals surface area contributed by atoms with E-state index in [1.54, 1.807) is 4.90 Å². The van der Waals surface area contributed by atoms with Crippen LogP contribution in [-0.4, -0.2) is 30.8 Å². The van der Waals surface area contributed by atoms with E-state index in [2.05, 4.69) is 64.5 Å². The molecule has 1 amide bonds. The van der Waals surface area contributed by atoms with Crippen LogP contribution in [0.2, 0.25) is 0 Å². The third-order valence-corrected chi connectivity index (χ3v) is 6.78. The van der Waals surface area contributed by atoms with Crippen molar-refractivity contribution < 1.29 is 14.3 Å². The third kappa shape index (κ3) is 3.72. The summed E-state index contributed by atoms with van der Waals surface area (Å²) in [7, 11) is 0. The van der Waals surface area contributed by atoms with Gasteiger partial charge in [0.25, 0.3) is 0 Å². The Labute approximate surface area is 190 Å². The van der Waals surface area contributed by atoms with E-state index in [0.29, 0.717) is 26.3 Å². The molecule has 158 valence electrons. The fourth-order valence-corrected chi connectivity index (χ4v) is 5.04. The van der Waals surface area contributed by atoms with Crippen molar-refractivity contribution in [3.63, 3.8) is 0 Å². The first-order valence-corrected chi connectivity index (χ1v) is 11.7. The van der Waals surface area contributed by atoms with Crippen molar-refractivity contribution in [1.29, 1.82) is 0 Å². The topological polar surface area (TPSA) is 38.8 Å². The predicted octanol–water partition coefficient (Wildman–Crippen LogP) is 6.03. The second-order valence-electron chi connectivity index (χ2n) is 8.11. The van der Waals surface area contributed by atoms with Crippen LogP contribution in [0, 0.1) is 6.92 Å². The smallest absolute Gasteiger partial charge is 0.410 e. The molecule has 0 atom stereocenters. The fourth-order valence-electron chi connectivity index (χ4n) is 4.71. The van der Waals surface area contributed by atoms with Crippen LogP contribution in [0.25, 0.3) is 11.1 Å². The zero-order chi connectivity index (χ0) is 21.4. The minimum Gasteiger partial charge on any atom is -0.491 e. The Kier molecular flexibility index (Phi) is 5.45. The molecule has 5 heteroatoms. The Morgan fingerprint density at radius 3 is 2.45 bits per heavy atom. The molecule has 1 heterocycles. The lowest BCUT2D eigenvalue weighted by Gasteiger charge is -2.21. The molecule has 3 aromatic rings. The number of rotatable bonds is 3. The van der Waals surface area contributed by atoms with Crippen LogP contribution in [0.15, 0.2) is 60.7 Å². The quantitative estimate of drug-likeness (QED) is 0.432. The molecule has 0 spiro atoms. The molecule has 0 saturated carbocycles. The number of ether oxygens (including phenoxy) is 2. The van der Waals surface area contributed by atoms with Gasteiger partial charge < -0.3 is 14.4 Å². The summed E-state index contributed by atoms with van der Waals surface area (Å²) in [6.45, 7) is 3.85. The average Bonchev–Trinajstić information content (AvgIpc) is 2.95. The summed E-state index contributed by atoms with van der Waals surface area (Å²) in [6, 6.07) is 21.0. The van der Waals surface area contributed by atoms with E-state index in [9.17, 15) is 4.79 Å². The summed E-state index contributed by atoms with van der Waals surface area (Å²) < 4.78 is 11.8. The number of nitrogens with zero attached hydrogens (tertiary/aromatic N) is 1. The van der Waals surface area contributed by atoms with Gasteiger partial charge >= 0.3 is 6.09 Å². The van der Waals surface area contributed by atoms with Crippen LogP contribution >= 0.6 is 15.9 Å². The van der Waals surface area contributed by atoms with Crippen LogP contribution in [0.1, 0.15) is 33.7 Å². The second kappa shape index (κ2) is 8.39. The lowest BCUT2D eigenvalue weighted by Crippen LogP contribution is -2.33. The first kappa shape index (κ1) is 20.1. The Morgan fingerprint density at radius 1 is 1.10 bits per heavy atom. The summed E-state index contributed by atoms with van der Waals surface area (Å²) in [5.41, 5.74) is 8.20. The molecule has 1 aliphatic carbocycles. The number of hydrogen-bond acceptors (Lipinski definition) is 3. The van der Waals surface area contributed by atoms with Crippen molar-refractivity contribution in [1.82, 2.24) is 4.90 Å². The molecule has 3 aromatic carbocycles. The van der Waals surface area contributed by atoms with Crippen LogP contribution in [-0.2, 0) is 16.6 Å². The Balaban J connectivity index is 1.34. The zero-order valence-corrected chi connectivity index (χ0v) is 19.0. The minimum atomic E-state index is -0.291. The molecule has 0 radical (unpaired) electrons. The van der Waals surface area contributed by atoms with E-state index in [1.165, 1.54) is 27.8 Å². The van der Waals surface area contributed by atoms with E-state index in [1.807, 2.05) is 19.1 Å². The molecule has 1 aliphatic heterocycles. The Bertz CT molecular complexity index is 1100. The molecule has 5 rings (SSSR count). The summed E-state index contributed by atoms with van der Waals surface area (Å²) >= 11 is 3.53. The highest BCUT2D eigenvalue weighted by Gasteiger charge is 2.30. The van der Waals surface area contributed by atoms with E-state index >= 15 is 0 Å². The highest BCUT2D eigenvalue weighted by atomic mass is 79.9. The van der Waals surface area contributed by atoms with Crippen molar-refractivity contribution in [2.75, 3.05) is 19.8 Å². The first-order chi connectivity index (χ1) is 15.2. The maximum absolute atomic E-state index is 13.0. The first-order valence-electron chi connectivity index (χ1n) is 10.6. The van der Waals surface area contributed by atoms with Crippen LogP contribution in [0.3, 0.4) is 0 Å². The van der Waals surface area contributed by atoms with Gasteiger partial charge in [0.1, 0.15) is 19.0 Å². The molecule has 0 N–H and O–H groups in total. The SMILES string of the molecule is Cc1cc(CBr)cc2c1OCCN(C(=O)OCC1c3ccccc3-c3ccccc31)C2. The lowest BCUT2D eigenvalue weighted by molar-refractivity contribution is 0.0947. The summed E-state index contributed by atoms with van der Waals surface area (Å²) in [5.74, 6) is 0.952. The molecule has 0 bridgehead atoms. The van der Waals surface area contributed by atoms with Gasteiger partial charge in [-0.2, -0.15) is 0 Å². The number of halogens is 1. The molecule has 0 unspecified atom stereocenters. The van der Waals surface area contributed by atoms with Crippen LogP contribution in [0.4, 0.5) is 4.79 Å². The maximum Gasteiger partial charge on any atom is 0.410 e. The summed E-state index contributed by atoms with van der Waals surface area (Å²) in [6.07, 6.45) is -0.291. The Hall–Kier alpha value is -2.79. The standard InChI is InChI=1S/C26H24BrNO3/c1-17-12-18(14-27)13-19-15-28(10-11-30-25(17)19)26(29)31-16-24-22-8-4-2-6-20(22)21-7-3-5-9-23(21)24/h2-9,12-13,24H,10-11,14-16H2,1H3. The molecule has 31 heavy (non-hydrogen) atoms. The van der Waals surface area contributed by atoms with E-state index in [-0.39, 0.29) is 12.0 Å². The normalized spacial score (nSPS) is 14.8. The van der Waals surface area contributed by atoms with Gasteiger partial charge in [-0.15, -0.1) is 0 Å². The number of amides is 1. The molecule has 0 fully saturated rings. The molecular weight excluding hydrogens is 454 g/mol. The predicted molar refractivity (Wildman–Crippen MR) is 125 cm³/mol. The Morgan fingerprint density at radius 2 is 1.77 bits per heavy atom. The van der Waals surface area contributed by atoms with Gasteiger partial charge in [0.15, 0.2) is 0 Å². The number of aryl methyl sites for hydroxylation is 1. The number of carbonyl (C=O) groups excluding carboxylic acids is 1. The van der Waals surface area contributed by atoms with Gasteiger partial charge in [-0.05, 0) is 46.4 Å². The van der Waals surface area contributed by atoms with Gasteiger partial charge in [-0.25, -0.2) is 4.79 Å². The fraction of sp³-hybridized carbons (Fsp3) is 0.269. The molecule has 0 saturated heterocycles. The van der Waals surface area contributed by atoms with Gasteiger partial charge in [-0.3, -0.25) is 0 Å². The lowest BCUT2D eigenvalue weighted by atomic mass is 9.98. The van der Waals surface area contributed by atoms with Crippen LogP contribution in [0.5, 0.6) is 5.75 Å². The van der Waals surface area contributed by atoms with Crippen molar-refractivity contribution in [2.45, 2.75) is 24.7 Å². The van der Waals surface area contributed by atoms with Gasteiger partial charge in [0, 0.05) is 16.8 Å². The number of carbonyl (C=O) groups is 1. The summed E-state index contributed by atoms with van der Waals surface area (Å²) in [4.78, 5) is 14.8. The molecule has 0 aromatic heterocycles. The number of benzene rings is 3. The average molecular weight is 478 g/mol. The molecule has 4 nitrogen and oxygen atoms in total. The van der Waals surface area contributed by atoms with Gasteiger partial charge in [0.2, 0.25) is 0 Å². The highest BCUT2D eigenvalue weighted by Crippen LogP contribution is 2.44.